The molecular weight excluding hydrogens is 302 g/mol. The number of carbonyl (C=O) groups is 1. The molecule has 130 valence electrons. The highest BCUT2D eigenvalue weighted by Crippen LogP contribution is 2.27. The van der Waals surface area contributed by atoms with E-state index in [0.717, 1.165) is 31.0 Å². The number of nitrogens with zero attached hydrogens (tertiary/aromatic N) is 4. The molecule has 0 bridgehead atoms. The van der Waals surface area contributed by atoms with Gasteiger partial charge in [-0.05, 0) is 44.9 Å². The van der Waals surface area contributed by atoms with Crippen molar-refractivity contribution in [1.82, 2.24) is 24.8 Å². The molecule has 1 aliphatic rings. The molecule has 1 fully saturated rings. The normalized spacial score (nSPS) is 18.8. The first-order valence-corrected chi connectivity index (χ1v) is 8.82. The van der Waals surface area contributed by atoms with Crippen LogP contribution in [0.1, 0.15) is 56.2 Å². The van der Waals surface area contributed by atoms with E-state index >= 15 is 0 Å². The Labute approximate surface area is 143 Å². The van der Waals surface area contributed by atoms with Crippen LogP contribution in [0.25, 0.3) is 5.65 Å². The molecule has 0 spiro atoms. The van der Waals surface area contributed by atoms with Gasteiger partial charge in [-0.25, -0.2) is 0 Å². The van der Waals surface area contributed by atoms with Gasteiger partial charge in [-0.2, -0.15) is 0 Å². The Bertz CT molecular complexity index is 721. The molecule has 0 radical (unpaired) electrons. The molecular formula is C18H27N5O. The molecule has 6 heteroatoms. The smallest absolute Gasteiger partial charge is 0.252 e. The molecule has 1 N–H and O–H groups in total. The molecule has 24 heavy (non-hydrogen) atoms. The van der Waals surface area contributed by atoms with Crippen LogP contribution in [0.15, 0.2) is 18.3 Å². The second-order valence-electron chi connectivity index (χ2n) is 7.38. The summed E-state index contributed by atoms with van der Waals surface area (Å²) in [5.41, 5.74) is 1.45. The second kappa shape index (κ2) is 6.89. The quantitative estimate of drug-likeness (QED) is 0.914. The van der Waals surface area contributed by atoms with Crippen LogP contribution in [-0.4, -0.2) is 51.1 Å². The molecule has 1 atom stereocenters. The lowest BCUT2D eigenvalue weighted by Gasteiger charge is -2.19. The van der Waals surface area contributed by atoms with Gasteiger partial charge in [0.1, 0.15) is 5.82 Å². The Balaban J connectivity index is 1.83. The number of likely N-dealkylation sites (tertiary alicyclic amines) is 1. The maximum Gasteiger partial charge on any atom is 0.252 e. The van der Waals surface area contributed by atoms with Gasteiger partial charge >= 0.3 is 0 Å². The predicted molar refractivity (Wildman–Crippen MR) is 94.2 cm³/mol. The first-order chi connectivity index (χ1) is 11.5. The number of hydrogen-bond acceptors (Lipinski definition) is 4. The van der Waals surface area contributed by atoms with Crippen molar-refractivity contribution in [2.45, 2.75) is 46.1 Å². The molecule has 2 aromatic rings. The molecule has 1 amide bonds. The van der Waals surface area contributed by atoms with E-state index in [4.69, 9.17) is 0 Å². The molecule has 3 heterocycles. The summed E-state index contributed by atoms with van der Waals surface area (Å²) in [6.45, 7) is 11.4. The first-order valence-electron chi connectivity index (χ1n) is 8.82. The highest BCUT2D eigenvalue weighted by Gasteiger charge is 2.29. The number of fused-ring (bicyclic) bond motifs is 1. The molecule has 2 aromatic heterocycles. The zero-order chi connectivity index (χ0) is 17.3. The summed E-state index contributed by atoms with van der Waals surface area (Å²) >= 11 is 0. The fourth-order valence-electron chi connectivity index (χ4n) is 3.19. The van der Waals surface area contributed by atoms with Gasteiger partial charge in [0.15, 0.2) is 5.65 Å². The number of amides is 1. The van der Waals surface area contributed by atoms with Crippen molar-refractivity contribution in [1.29, 1.82) is 0 Å². The minimum atomic E-state index is -0.0412. The maximum atomic E-state index is 12.3. The third-order valence-corrected chi connectivity index (χ3v) is 4.68. The van der Waals surface area contributed by atoms with E-state index in [1.165, 1.54) is 0 Å². The van der Waals surface area contributed by atoms with Crippen LogP contribution in [0.4, 0.5) is 0 Å². The van der Waals surface area contributed by atoms with Crippen LogP contribution >= 0.6 is 0 Å². The Morgan fingerprint density at radius 1 is 1.29 bits per heavy atom. The minimum absolute atomic E-state index is 0.0412. The van der Waals surface area contributed by atoms with E-state index in [1.807, 2.05) is 22.7 Å². The van der Waals surface area contributed by atoms with Crippen molar-refractivity contribution in [3.63, 3.8) is 0 Å². The summed E-state index contributed by atoms with van der Waals surface area (Å²) in [6, 6.07) is 4.24. The lowest BCUT2D eigenvalue weighted by Crippen LogP contribution is -2.28. The summed E-state index contributed by atoms with van der Waals surface area (Å²) < 4.78 is 1.98. The van der Waals surface area contributed by atoms with Crippen molar-refractivity contribution in [2.75, 3.05) is 19.6 Å². The summed E-state index contributed by atoms with van der Waals surface area (Å²) in [6.07, 6.45) is 2.96. The van der Waals surface area contributed by atoms with Crippen molar-refractivity contribution in [2.24, 2.45) is 5.92 Å². The van der Waals surface area contributed by atoms with Crippen molar-refractivity contribution in [3.8, 4) is 0 Å². The number of carbonyl (C=O) groups excluding carboxylic acids is 1. The van der Waals surface area contributed by atoms with Gasteiger partial charge in [-0.15, -0.1) is 10.2 Å². The van der Waals surface area contributed by atoms with E-state index < -0.39 is 0 Å². The van der Waals surface area contributed by atoms with Crippen LogP contribution in [-0.2, 0) is 0 Å². The maximum absolute atomic E-state index is 12.3. The van der Waals surface area contributed by atoms with Crippen molar-refractivity contribution in [3.05, 3.63) is 29.7 Å². The molecule has 3 rings (SSSR count). The van der Waals surface area contributed by atoms with Gasteiger partial charge in [-0.1, -0.05) is 13.8 Å². The molecule has 0 saturated carbocycles. The minimum Gasteiger partial charge on any atom is -0.352 e. The summed E-state index contributed by atoms with van der Waals surface area (Å²) in [5.74, 6) is 1.73. The Hall–Kier alpha value is -1.95. The van der Waals surface area contributed by atoms with E-state index in [1.54, 1.807) is 0 Å². The van der Waals surface area contributed by atoms with E-state index in [-0.39, 0.29) is 5.91 Å². The van der Waals surface area contributed by atoms with Crippen molar-refractivity contribution >= 4 is 11.6 Å². The van der Waals surface area contributed by atoms with Crippen LogP contribution in [0.5, 0.6) is 0 Å². The van der Waals surface area contributed by atoms with Gasteiger partial charge in [0, 0.05) is 31.2 Å². The zero-order valence-corrected chi connectivity index (χ0v) is 15.0. The Morgan fingerprint density at radius 3 is 2.75 bits per heavy atom. The van der Waals surface area contributed by atoms with Gasteiger partial charge in [0.2, 0.25) is 0 Å². The van der Waals surface area contributed by atoms with Crippen molar-refractivity contribution < 1.29 is 4.79 Å². The highest BCUT2D eigenvalue weighted by molar-refractivity contribution is 5.94. The second-order valence-corrected chi connectivity index (χ2v) is 7.38. The predicted octanol–water partition coefficient (Wildman–Crippen LogP) is 2.31. The molecule has 1 aliphatic heterocycles. The standard InChI is InChI=1S/C18H27N5O/c1-12(2)9-19-18(24)15-5-6-16-20-21-17(23(16)11-15)14-7-8-22(10-14)13(3)4/h5-6,11-14H,7-10H2,1-4H3,(H,19,24)/t14-/m1/s1. The van der Waals surface area contributed by atoms with Gasteiger partial charge < -0.3 is 10.2 Å². The number of pyridine rings is 1. The monoisotopic (exact) mass is 329 g/mol. The van der Waals surface area contributed by atoms with Gasteiger partial charge in [0.05, 0.1) is 5.56 Å². The average Bonchev–Trinajstić information content (AvgIpc) is 3.18. The van der Waals surface area contributed by atoms with Gasteiger partial charge in [-0.3, -0.25) is 9.20 Å². The summed E-state index contributed by atoms with van der Waals surface area (Å²) in [5, 5.41) is 11.6. The third kappa shape index (κ3) is 3.43. The summed E-state index contributed by atoms with van der Waals surface area (Å²) in [7, 11) is 0. The molecule has 0 aliphatic carbocycles. The number of nitrogens with one attached hydrogen (secondary N) is 1. The van der Waals surface area contributed by atoms with Crippen LogP contribution < -0.4 is 5.32 Å². The summed E-state index contributed by atoms with van der Waals surface area (Å²) in [4.78, 5) is 14.8. The van der Waals surface area contributed by atoms with E-state index in [9.17, 15) is 4.79 Å². The Kier molecular flexibility index (Phi) is 4.85. The van der Waals surface area contributed by atoms with E-state index in [2.05, 4.69) is 48.1 Å². The first kappa shape index (κ1) is 16.9. The third-order valence-electron chi connectivity index (χ3n) is 4.68. The molecule has 0 aromatic carbocycles. The van der Waals surface area contributed by atoms with Crippen LogP contribution in [0.2, 0.25) is 0 Å². The molecule has 6 nitrogen and oxygen atoms in total. The zero-order valence-electron chi connectivity index (χ0n) is 15.0. The lowest BCUT2D eigenvalue weighted by molar-refractivity contribution is 0.0948. The number of hydrogen-bond donors (Lipinski definition) is 1. The fraction of sp³-hybridized carbons (Fsp3) is 0.611. The topological polar surface area (TPSA) is 62.5 Å². The number of aromatic nitrogens is 3. The van der Waals surface area contributed by atoms with Crippen LogP contribution in [0, 0.1) is 5.92 Å². The lowest BCUT2D eigenvalue weighted by atomic mass is 10.1. The fourth-order valence-corrected chi connectivity index (χ4v) is 3.19. The molecule has 0 unspecified atom stereocenters. The number of rotatable bonds is 5. The van der Waals surface area contributed by atoms with E-state index in [0.29, 0.717) is 30.0 Å². The molecule has 1 saturated heterocycles. The average molecular weight is 329 g/mol. The van der Waals surface area contributed by atoms with Crippen LogP contribution in [0.3, 0.4) is 0 Å². The largest absolute Gasteiger partial charge is 0.352 e. The highest BCUT2D eigenvalue weighted by atomic mass is 16.1. The van der Waals surface area contributed by atoms with Gasteiger partial charge in [0.25, 0.3) is 5.91 Å². The SMILES string of the molecule is CC(C)CNC(=O)c1ccc2nnc([C@@H]3CCN(C(C)C)C3)n2c1. The Morgan fingerprint density at radius 2 is 2.08 bits per heavy atom.